The Labute approximate surface area is 161 Å². The van der Waals surface area contributed by atoms with Crippen molar-refractivity contribution in [1.29, 1.82) is 0 Å². The van der Waals surface area contributed by atoms with E-state index >= 15 is 0 Å². The van der Waals surface area contributed by atoms with Crippen LogP contribution in [-0.2, 0) is 28.6 Å². The van der Waals surface area contributed by atoms with Crippen LogP contribution in [0.2, 0.25) is 0 Å². The maximum atomic E-state index is 12.5. The molecule has 6 nitrogen and oxygen atoms in total. The molecule has 1 aliphatic rings. The fourth-order valence-corrected chi connectivity index (χ4v) is 2.84. The van der Waals surface area contributed by atoms with E-state index in [2.05, 4.69) is 19.7 Å². The molecule has 0 heterocycles. The SMILES string of the molecule is C=C(C)COC(=O)C1CCC(C(=O)OCC(=C)C)C(C(=O)OCC(=C)C)C1. The predicted molar refractivity (Wildman–Crippen MR) is 102 cm³/mol. The van der Waals surface area contributed by atoms with Crippen molar-refractivity contribution in [2.75, 3.05) is 19.8 Å². The van der Waals surface area contributed by atoms with E-state index in [-0.39, 0.29) is 32.2 Å². The molecule has 0 aromatic carbocycles. The van der Waals surface area contributed by atoms with Gasteiger partial charge < -0.3 is 14.2 Å². The second-order valence-electron chi connectivity index (χ2n) is 7.42. The Bertz CT molecular complexity index is 618. The summed E-state index contributed by atoms with van der Waals surface area (Å²) < 4.78 is 15.7. The lowest BCUT2D eigenvalue weighted by Gasteiger charge is -2.32. The molecular weight excluding hydrogens is 348 g/mol. The highest BCUT2D eigenvalue weighted by molar-refractivity contribution is 5.84. The second-order valence-corrected chi connectivity index (χ2v) is 7.42. The minimum absolute atomic E-state index is 0.0770. The topological polar surface area (TPSA) is 78.9 Å². The summed E-state index contributed by atoms with van der Waals surface area (Å²) in [6.45, 7) is 16.7. The van der Waals surface area contributed by atoms with E-state index in [4.69, 9.17) is 14.2 Å². The summed E-state index contributed by atoms with van der Waals surface area (Å²) in [5, 5.41) is 0. The molecule has 0 aromatic rings. The van der Waals surface area contributed by atoms with Gasteiger partial charge in [-0.1, -0.05) is 19.7 Å². The van der Waals surface area contributed by atoms with Crippen molar-refractivity contribution in [2.24, 2.45) is 17.8 Å². The van der Waals surface area contributed by atoms with E-state index in [9.17, 15) is 14.4 Å². The lowest BCUT2D eigenvalue weighted by atomic mass is 9.74. The fourth-order valence-electron chi connectivity index (χ4n) is 2.84. The van der Waals surface area contributed by atoms with E-state index < -0.39 is 29.7 Å². The predicted octanol–water partition coefficient (Wildman–Crippen LogP) is 3.38. The van der Waals surface area contributed by atoms with Crippen LogP contribution in [0, 0.1) is 17.8 Å². The average Bonchev–Trinajstić information content (AvgIpc) is 2.61. The Balaban J connectivity index is 2.84. The smallest absolute Gasteiger partial charge is 0.310 e. The average molecular weight is 378 g/mol. The minimum atomic E-state index is -0.752. The van der Waals surface area contributed by atoms with Gasteiger partial charge in [-0.2, -0.15) is 0 Å². The van der Waals surface area contributed by atoms with Gasteiger partial charge in [0, 0.05) is 0 Å². The third kappa shape index (κ3) is 7.81. The van der Waals surface area contributed by atoms with Gasteiger partial charge in [-0.3, -0.25) is 14.4 Å². The molecule has 0 aromatic heterocycles. The van der Waals surface area contributed by atoms with Crippen LogP contribution < -0.4 is 0 Å². The molecule has 0 spiro atoms. The molecule has 6 heteroatoms. The molecule has 1 rings (SSSR count). The Morgan fingerprint density at radius 1 is 0.704 bits per heavy atom. The molecule has 1 aliphatic carbocycles. The first kappa shape index (κ1) is 22.7. The van der Waals surface area contributed by atoms with Crippen molar-refractivity contribution in [2.45, 2.75) is 40.0 Å². The highest BCUT2D eigenvalue weighted by Crippen LogP contribution is 2.36. The summed E-state index contributed by atoms with van der Waals surface area (Å²) in [5.74, 6) is -3.23. The quantitative estimate of drug-likeness (QED) is 0.348. The lowest BCUT2D eigenvalue weighted by Crippen LogP contribution is -2.40. The van der Waals surface area contributed by atoms with Crippen LogP contribution in [0.1, 0.15) is 40.0 Å². The van der Waals surface area contributed by atoms with Crippen molar-refractivity contribution in [3.8, 4) is 0 Å². The first-order chi connectivity index (χ1) is 12.6. The van der Waals surface area contributed by atoms with Gasteiger partial charge in [0.05, 0.1) is 17.8 Å². The Morgan fingerprint density at radius 3 is 1.56 bits per heavy atom. The number of esters is 3. The monoisotopic (exact) mass is 378 g/mol. The van der Waals surface area contributed by atoms with Gasteiger partial charge in [-0.15, -0.1) is 0 Å². The first-order valence-electron chi connectivity index (χ1n) is 9.04. The van der Waals surface area contributed by atoms with E-state index in [0.29, 0.717) is 24.0 Å². The summed E-state index contributed by atoms with van der Waals surface area (Å²) in [5.41, 5.74) is 2.14. The van der Waals surface area contributed by atoms with Gasteiger partial charge in [-0.25, -0.2) is 0 Å². The summed E-state index contributed by atoms with van der Waals surface area (Å²) in [6.07, 6.45) is 0.998. The molecule has 1 fully saturated rings. The Kier molecular flexibility index (Phi) is 8.98. The number of ether oxygens (including phenoxy) is 3. The highest BCUT2D eigenvalue weighted by atomic mass is 16.5. The molecule has 0 aliphatic heterocycles. The van der Waals surface area contributed by atoms with Gasteiger partial charge in [0.25, 0.3) is 0 Å². The Hall–Kier alpha value is -2.37. The zero-order chi connectivity index (χ0) is 20.6. The second kappa shape index (κ2) is 10.7. The number of hydrogen-bond donors (Lipinski definition) is 0. The van der Waals surface area contributed by atoms with Crippen molar-refractivity contribution in [1.82, 2.24) is 0 Å². The first-order valence-corrected chi connectivity index (χ1v) is 9.04. The molecule has 3 atom stereocenters. The molecular formula is C21H30O6. The van der Waals surface area contributed by atoms with E-state index in [0.717, 1.165) is 5.57 Å². The van der Waals surface area contributed by atoms with Crippen molar-refractivity contribution in [3.63, 3.8) is 0 Å². The zero-order valence-electron chi connectivity index (χ0n) is 16.5. The summed E-state index contributed by atoms with van der Waals surface area (Å²) in [6, 6.07) is 0. The van der Waals surface area contributed by atoms with Crippen LogP contribution in [0.15, 0.2) is 36.5 Å². The van der Waals surface area contributed by atoms with Gasteiger partial charge in [0.15, 0.2) is 0 Å². The third-order valence-corrected chi connectivity index (χ3v) is 4.17. The molecule has 0 bridgehead atoms. The van der Waals surface area contributed by atoms with Crippen molar-refractivity contribution >= 4 is 17.9 Å². The maximum absolute atomic E-state index is 12.5. The van der Waals surface area contributed by atoms with Crippen LogP contribution in [-0.4, -0.2) is 37.7 Å². The molecule has 0 N–H and O–H groups in total. The largest absolute Gasteiger partial charge is 0.461 e. The molecule has 1 saturated carbocycles. The van der Waals surface area contributed by atoms with E-state index in [1.807, 2.05) is 0 Å². The zero-order valence-corrected chi connectivity index (χ0v) is 16.5. The highest BCUT2D eigenvalue weighted by Gasteiger charge is 2.43. The van der Waals surface area contributed by atoms with Crippen LogP contribution >= 0.6 is 0 Å². The summed E-state index contributed by atoms with van der Waals surface area (Å²) >= 11 is 0. The molecule has 0 amide bonds. The number of carbonyl (C=O) groups is 3. The van der Waals surface area contributed by atoms with Crippen LogP contribution in [0.3, 0.4) is 0 Å². The van der Waals surface area contributed by atoms with Gasteiger partial charge in [-0.05, 0) is 56.8 Å². The van der Waals surface area contributed by atoms with Crippen LogP contribution in [0.4, 0.5) is 0 Å². The molecule has 0 saturated heterocycles. The van der Waals surface area contributed by atoms with Crippen molar-refractivity contribution in [3.05, 3.63) is 36.5 Å². The Morgan fingerprint density at radius 2 is 1.11 bits per heavy atom. The molecule has 150 valence electrons. The van der Waals surface area contributed by atoms with Crippen LogP contribution in [0.5, 0.6) is 0 Å². The molecule has 27 heavy (non-hydrogen) atoms. The van der Waals surface area contributed by atoms with E-state index in [1.54, 1.807) is 20.8 Å². The van der Waals surface area contributed by atoms with Gasteiger partial charge in [0.2, 0.25) is 0 Å². The minimum Gasteiger partial charge on any atom is -0.461 e. The lowest BCUT2D eigenvalue weighted by molar-refractivity contribution is -0.165. The third-order valence-electron chi connectivity index (χ3n) is 4.17. The van der Waals surface area contributed by atoms with Gasteiger partial charge in [0.1, 0.15) is 19.8 Å². The van der Waals surface area contributed by atoms with Crippen LogP contribution in [0.25, 0.3) is 0 Å². The number of carbonyl (C=O) groups excluding carboxylic acids is 3. The van der Waals surface area contributed by atoms with Crippen molar-refractivity contribution < 1.29 is 28.6 Å². The standard InChI is InChI=1S/C21H30O6/c1-13(2)10-25-19(22)16-7-8-17(20(23)26-11-14(3)4)18(9-16)21(24)27-12-15(5)6/h16-18H,1,3,5,7-12H2,2,4,6H3. The van der Waals surface area contributed by atoms with Gasteiger partial charge >= 0.3 is 17.9 Å². The summed E-state index contributed by atoms with van der Waals surface area (Å²) in [7, 11) is 0. The molecule has 0 radical (unpaired) electrons. The molecule has 3 unspecified atom stereocenters. The maximum Gasteiger partial charge on any atom is 0.310 e. The number of rotatable bonds is 9. The number of hydrogen-bond acceptors (Lipinski definition) is 6. The fraction of sp³-hybridized carbons (Fsp3) is 0.571. The normalized spacial score (nSPS) is 21.7. The summed E-state index contributed by atoms with van der Waals surface area (Å²) in [4.78, 5) is 37.2. The van der Waals surface area contributed by atoms with E-state index in [1.165, 1.54) is 0 Å².